The number of aromatic nitrogens is 3. The lowest BCUT2D eigenvalue weighted by molar-refractivity contribution is 0.102. The largest absolute Gasteiger partial charge is 0.371 e. The second-order valence-electron chi connectivity index (χ2n) is 8.23. The summed E-state index contributed by atoms with van der Waals surface area (Å²) < 4.78 is 15.8. The number of nitrogens with zero attached hydrogens (tertiary/aromatic N) is 5. The first-order valence-corrected chi connectivity index (χ1v) is 11.4. The molecule has 2 aromatic heterocycles. The van der Waals surface area contributed by atoms with E-state index >= 15 is 0 Å². The van der Waals surface area contributed by atoms with Crippen LogP contribution in [0.5, 0.6) is 0 Å². The summed E-state index contributed by atoms with van der Waals surface area (Å²) in [5.41, 5.74) is 1.84. The van der Waals surface area contributed by atoms with Gasteiger partial charge < -0.3 is 9.80 Å². The van der Waals surface area contributed by atoms with Crippen molar-refractivity contribution in [2.45, 2.75) is 32.6 Å². The smallest absolute Gasteiger partial charge is 0.216 e. The van der Waals surface area contributed by atoms with Crippen molar-refractivity contribution in [1.82, 2.24) is 19.5 Å². The summed E-state index contributed by atoms with van der Waals surface area (Å²) in [6.07, 6.45) is 4.50. The van der Waals surface area contributed by atoms with Crippen molar-refractivity contribution in [3.8, 4) is 0 Å². The molecule has 0 aliphatic carbocycles. The molecule has 0 unspecified atom stereocenters. The monoisotopic (exact) mass is 479 g/mol. The second kappa shape index (κ2) is 10.6. The van der Waals surface area contributed by atoms with Gasteiger partial charge in [0.2, 0.25) is 5.78 Å². The first-order valence-electron chi connectivity index (χ1n) is 10.6. The van der Waals surface area contributed by atoms with E-state index in [4.69, 9.17) is 23.2 Å². The van der Waals surface area contributed by atoms with Gasteiger partial charge in [-0.25, -0.2) is 13.9 Å². The predicted molar refractivity (Wildman–Crippen MR) is 128 cm³/mol. The number of imidazole rings is 1. The van der Waals surface area contributed by atoms with Crippen molar-refractivity contribution in [1.29, 1.82) is 0 Å². The molecule has 3 rings (SSSR count). The number of anilines is 1. The third-order valence-electron chi connectivity index (χ3n) is 5.36. The van der Waals surface area contributed by atoms with Crippen molar-refractivity contribution in [3.63, 3.8) is 0 Å². The number of unbranched alkanes of at least 4 members (excludes halogenated alkanes) is 3. The van der Waals surface area contributed by atoms with Gasteiger partial charge >= 0.3 is 0 Å². The third kappa shape index (κ3) is 5.57. The Bertz CT molecular complexity index is 1120. The molecule has 0 fully saturated rings. The molecule has 2 heterocycles. The molecule has 0 spiro atoms. The van der Waals surface area contributed by atoms with Gasteiger partial charge in [0.25, 0.3) is 0 Å². The Kier molecular flexibility index (Phi) is 8.09. The number of fused-ring (bicyclic) bond motifs is 1. The summed E-state index contributed by atoms with van der Waals surface area (Å²) in [5.74, 6) is -1.21. The van der Waals surface area contributed by atoms with Crippen LogP contribution in [0.25, 0.3) is 5.65 Å². The van der Waals surface area contributed by atoms with E-state index in [1.165, 1.54) is 29.5 Å². The fourth-order valence-electron chi connectivity index (χ4n) is 3.68. The molecule has 32 heavy (non-hydrogen) atoms. The lowest BCUT2D eigenvalue weighted by Crippen LogP contribution is -2.20. The van der Waals surface area contributed by atoms with Crippen LogP contribution < -0.4 is 4.90 Å². The molecule has 3 aromatic rings. The SMILES string of the molecule is Cc1nc2c(N(C)CCCCCCN(C)C)cc(Cl)nn2c1C(=O)c1ccc(Cl)cc1F. The van der Waals surface area contributed by atoms with Crippen LogP contribution in [0.4, 0.5) is 10.1 Å². The molecule has 0 atom stereocenters. The highest BCUT2D eigenvalue weighted by molar-refractivity contribution is 6.30. The second-order valence-corrected chi connectivity index (χ2v) is 9.05. The van der Waals surface area contributed by atoms with Crippen molar-refractivity contribution in [2.24, 2.45) is 0 Å². The highest BCUT2D eigenvalue weighted by atomic mass is 35.5. The Morgan fingerprint density at radius 2 is 1.75 bits per heavy atom. The van der Waals surface area contributed by atoms with E-state index in [0.717, 1.165) is 37.7 Å². The van der Waals surface area contributed by atoms with Crippen molar-refractivity contribution >= 4 is 40.3 Å². The van der Waals surface area contributed by atoms with E-state index in [9.17, 15) is 9.18 Å². The van der Waals surface area contributed by atoms with Gasteiger partial charge in [-0.05, 0) is 58.6 Å². The van der Waals surface area contributed by atoms with E-state index in [-0.39, 0.29) is 21.4 Å². The van der Waals surface area contributed by atoms with E-state index in [0.29, 0.717) is 11.3 Å². The molecular weight excluding hydrogens is 452 g/mol. The maximum Gasteiger partial charge on any atom is 0.216 e. The van der Waals surface area contributed by atoms with Gasteiger partial charge in [-0.1, -0.05) is 36.0 Å². The molecule has 0 aliphatic rings. The number of ketones is 1. The maximum atomic E-state index is 14.4. The van der Waals surface area contributed by atoms with Gasteiger partial charge in [0, 0.05) is 24.7 Å². The fourth-order valence-corrected chi connectivity index (χ4v) is 4.01. The average Bonchev–Trinajstić information content (AvgIpc) is 3.04. The predicted octanol–water partition coefficient (Wildman–Crippen LogP) is 5.27. The van der Waals surface area contributed by atoms with Gasteiger partial charge in [0.05, 0.1) is 16.9 Å². The number of aryl methyl sites for hydroxylation is 1. The van der Waals surface area contributed by atoms with E-state index in [2.05, 4.69) is 34.0 Å². The number of hydrogen-bond acceptors (Lipinski definition) is 5. The van der Waals surface area contributed by atoms with Crippen LogP contribution in [-0.4, -0.2) is 59.5 Å². The van der Waals surface area contributed by atoms with Crippen molar-refractivity contribution in [2.75, 3.05) is 39.1 Å². The molecule has 0 N–H and O–H groups in total. The molecule has 172 valence electrons. The number of halogens is 3. The Morgan fingerprint density at radius 1 is 1.06 bits per heavy atom. The van der Waals surface area contributed by atoms with Crippen LogP contribution in [0.2, 0.25) is 10.2 Å². The van der Waals surface area contributed by atoms with Gasteiger partial charge in [0.1, 0.15) is 11.5 Å². The van der Waals surface area contributed by atoms with Gasteiger partial charge in [0.15, 0.2) is 10.8 Å². The molecule has 0 amide bonds. The van der Waals surface area contributed by atoms with Crippen molar-refractivity contribution in [3.05, 3.63) is 57.2 Å². The molecule has 0 saturated carbocycles. The van der Waals surface area contributed by atoms with Gasteiger partial charge in [-0.2, -0.15) is 5.10 Å². The van der Waals surface area contributed by atoms with Crippen LogP contribution in [0.1, 0.15) is 47.4 Å². The quantitative estimate of drug-likeness (QED) is 0.292. The van der Waals surface area contributed by atoms with E-state index < -0.39 is 11.6 Å². The number of carbonyl (C=O) groups is 1. The highest BCUT2D eigenvalue weighted by Gasteiger charge is 2.24. The van der Waals surface area contributed by atoms with E-state index in [1.807, 2.05) is 7.05 Å². The molecule has 9 heteroatoms. The standard InChI is InChI=1S/C23H28Cl2FN5O/c1-15-21(22(32)17-10-9-16(24)13-18(17)26)31-23(27-15)19(14-20(25)28-31)30(4)12-8-6-5-7-11-29(2)3/h9-10,13-14H,5-8,11-12H2,1-4H3. The molecule has 0 bridgehead atoms. The molecule has 0 aliphatic heterocycles. The lowest BCUT2D eigenvalue weighted by Gasteiger charge is -2.20. The van der Waals surface area contributed by atoms with Crippen molar-refractivity contribution < 1.29 is 9.18 Å². The zero-order valence-electron chi connectivity index (χ0n) is 18.8. The fraction of sp³-hybridized carbons (Fsp3) is 0.435. The number of rotatable bonds is 10. The van der Waals surface area contributed by atoms with Crippen LogP contribution in [-0.2, 0) is 0 Å². The molecule has 1 aromatic carbocycles. The zero-order chi connectivity index (χ0) is 23.4. The Labute approximate surface area is 197 Å². The minimum absolute atomic E-state index is 0.0892. The molecule has 0 radical (unpaired) electrons. The summed E-state index contributed by atoms with van der Waals surface area (Å²) in [4.78, 5) is 22.0. The Morgan fingerprint density at radius 3 is 2.41 bits per heavy atom. The minimum atomic E-state index is -0.689. The first-order chi connectivity index (χ1) is 15.2. The molecule has 0 saturated heterocycles. The van der Waals surface area contributed by atoms with Gasteiger partial charge in [-0.15, -0.1) is 0 Å². The van der Waals surface area contributed by atoms with Crippen LogP contribution in [0, 0.1) is 12.7 Å². The minimum Gasteiger partial charge on any atom is -0.371 e. The number of hydrogen-bond donors (Lipinski definition) is 0. The normalized spacial score (nSPS) is 11.5. The summed E-state index contributed by atoms with van der Waals surface area (Å²) in [5, 5.41) is 4.74. The molecule has 6 nitrogen and oxygen atoms in total. The van der Waals surface area contributed by atoms with Crippen LogP contribution in [0.3, 0.4) is 0 Å². The Hall–Kier alpha value is -2.22. The molecular formula is C23H28Cl2FN5O. The number of carbonyl (C=O) groups excluding carboxylic acids is 1. The van der Waals surface area contributed by atoms with E-state index in [1.54, 1.807) is 13.0 Å². The van der Waals surface area contributed by atoms with Gasteiger partial charge in [-0.3, -0.25) is 4.79 Å². The van der Waals surface area contributed by atoms with Crippen LogP contribution >= 0.6 is 23.2 Å². The average molecular weight is 480 g/mol. The summed E-state index contributed by atoms with van der Waals surface area (Å²) in [6, 6.07) is 5.71. The Balaban J connectivity index is 1.85. The number of benzene rings is 1. The van der Waals surface area contributed by atoms with Crippen LogP contribution in [0.15, 0.2) is 24.3 Å². The summed E-state index contributed by atoms with van der Waals surface area (Å²) in [6.45, 7) is 3.62. The highest BCUT2D eigenvalue weighted by Crippen LogP contribution is 2.27. The zero-order valence-corrected chi connectivity index (χ0v) is 20.3. The summed E-state index contributed by atoms with van der Waals surface area (Å²) >= 11 is 12.1. The lowest BCUT2D eigenvalue weighted by atomic mass is 10.1. The third-order valence-corrected chi connectivity index (χ3v) is 5.78. The summed E-state index contributed by atoms with van der Waals surface area (Å²) in [7, 11) is 6.13. The topological polar surface area (TPSA) is 53.7 Å². The maximum absolute atomic E-state index is 14.4. The first kappa shape index (κ1) is 24.4.